The van der Waals surface area contributed by atoms with Gasteiger partial charge in [0.1, 0.15) is 0 Å². The van der Waals surface area contributed by atoms with Gasteiger partial charge in [-0.3, -0.25) is 0 Å². The van der Waals surface area contributed by atoms with Crippen molar-refractivity contribution >= 4 is 16.5 Å². The Hall–Kier alpha value is -2.28. The van der Waals surface area contributed by atoms with Gasteiger partial charge in [0.15, 0.2) is 0 Å². The van der Waals surface area contributed by atoms with Crippen molar-refractivity contribution in [1.29, 1.82) is 0 Å². The topological polar surface area (TPSA) is 12.0 Å². The maximum atomic E-state index is 3.65. The summed E-state index contributed by atoms with van der Waals surface area (Å²) in [6, 6.07) is 25.3. The van der Waals surface area contributed by atoms with E-state index < -0.39 is 0 Å². The van der Waals surface area contributed by atoms with E-state index in [2.05, 4.69) is 72.0 Å². The smallest absolute Gasteiger partial charge is 0.0523 e. The Kier molecular flexibility index (Phi) is 2.70. The summed E-state index contributed by atoms with van der Waals surface area (Å²) in [6.45, 7) is 0. The predicted molar refractivity (Wildman–Crippen MR) is 83.9 cm³/mol. The molecule has 1 heterocycles. The summed E-state index contributed by atoms with van der Waals surface area (Å²) in [5, 5.41) is 6.10. The molecule has 0 saturated heterocycles. The third-order valence-electron chi connectivity index (χ3n) is 4.11. The van der Waals surface area contributed by atoms with Gasteiger partial charge in [-0.05, 0) is 46.9 Å². The summed E-state index contributed by atoms with van der Waals surface area (Å²) in [5.41, 5.74) is 3.95. The van der Waals surface area contributed by atoms with Crippen LogP contribution < -0.4 is 5.32 Å². The van der Waals surface area contributed by atoms with Crippen molar-refractivity contribution < 1.29 is 0 Å². The second kappa shape index (κ2) is 4.68. The number of anilines is 1. The Morgan fingerprint density at radius 2 is 1.75 bits per heavy atom. The maximum Gasteiger partial charge on any atom is 0.0523 e. The molecule has 0 amide bonds. The highest BCUT2D eigenvalue weighted by molar-refractivity contribution is 5.82. The second-order valence-corrected chi connectivity index (χ2v) is 5.39. The van der Waals surface area contributed by atoms with E-state index in [-0.39, 0.29) is 0 Å². The Morgan fingerprint density at radius 3 is 2.75 bits per heavy atom. The lowest BCUT2D eigenvalue weighted by atomic mass is 9.92. The molecule has 20 heavy (non-hydrogen) atoms. The van der Waals surface area contributed by atoms with E-state index in [0.717, 1.165) is 12.8 Å². The minimum atomic E-state index is 0.370. The lowest BCUT2D eigenvalue weighted by molar-refractivity contribution is 0.668. The third-order valence-corrected chi connectivity index (χ3v) is 4.11. The first-order chi connectivity index (χ1) is 9.90. The summed E-state index contributed by atoms with van der Waals surface area (Å²) >= 11 is 0. The molecule has 1 aliphatic heterocycles. The predicted octanol–water partition coefficient (Wildman–Crippen LogP) is 4.74. The number of hydrogen-bond acceptors (Lipinski definition) is 1. The van der Waals surface area contributed by atoms with Crippen LogP contribution in [0.25, 0.3) is 10.8 Å². The molecule has 1 heteroatoms. The SMILES string of the molecule is [c]1c(C2CCc3ccccc3N2)ccc2ccccc12. The van der Waals surface area contributed by atoms with Gasteiger partial charge in [0.25, 0.3) is 0 Å². The van der Waals surface area contributed by atoms with Crippen LogP contribution in [0, 0.1) is 6.07 Å². The largest absolute Gasteiger partial charge is 0.378 e. The molecule has 1 atom stereocenters. The van der Waals surface area contributed by atoms with E-state index >= 15 is 0 Å². The molecule has 3 aromatic rings. The molecule has 0 fully saturated rings. The number of rotatable bonds is 1. The minimum Gasteiger partial charge on any atom is -0.378 e. The fraction of sp³-hybridized carbons (Fsp3) is 0.158. The van der Waals surface area contributed by atoms with Gasteiger partial charge < -0.3 is 5.32 Å². The number of nitrogens with one attached hydrogen (secondary N) is 1. The number of benzene rings is 3. The zero-order chi connectivity index (χ0) is 13.4. The highest BCUT2D eigenvalue weighted by atomic mass is 14.9. The van der Waals surface area contributed by atoms with E-state index in [9.17, 15) is 0 Å². The average Bonchev–Trinajstić information content (AvgIpc) is 2.54. The first kappa shape index (κ1) is 11.5. The van der Waals surface area contributed by atoms with Gasteiger partial charge in [0, 0.05) is 5.69 Å². The van der Waals surface area contributed by atoms with Gasteiger partial charge >= 0.3 is 0 Å². The van der Waals surface area contributed by atoms with Crippen molar-refractivity contribution in [3.05, 3.63) is 77.9 Å². The molecule has 0 bridgehead atoms. The molecular formula is C19H16N. The normalized spacial score (nSPS) is 17.5. The van der Waals surface area contributed by atoms with Crippen LogP contribution in [0.2, 0.25) is 0 Å². The molecule has 1 unspecified atom stereocenters. The Morgan fingerprint density at radius 1 is 0.900 bits per heavy atom. The van der Waals surface area contributed by atoms with Crippen molar-refractivity contribution in [2.45, 2.75) is 18.9 Å². The van der Waals surface area contributed by atoms with E-state index in [4.69, 9.17) is 0 Å². The number of para-hydroxylation sites is 1. The van der Waals surface area contributed by atoms with Crippen LogP contribution in [0.3, 0.4) is 0 Å². The lowest BCUT2D eigenvalue weighted by Gasteiger charge is -2.27. The Bertz CT molecular complexity index is 760. The fourth-order valence-electron chi connectivity index (χ4n) is 3.01. The van der Waals surface area contributed by atoms with E-state index in [1.54, 1.807) is 0 Å². The molecule has 1 nitrogen and oxygen atoms in total. The molecule has 1 radical (unpaired) electrons. The second-order valence-electron chi connectivity index (χ2n) is 5.39. The highest BCUT2D eigenvalue weighted by Gasteiger charge is 2.18. The zero-order valence-corrected chi connectivity index (χ0v) is 11.3. The molecule has 1 aliphatic rings. The van der Waals surface area contributed by atoms with Crippen molar-refractivity contribution in [2.24, 2.45) is 0 Å². The van der Waals surface area contributed by atoms with Crippen molar-refractivity contribution in [1.82, 2.24) is 0 Å². The van der Waals surface area contributed by atoms with Gasteiger partial charge in [0.05, 0.1) is 6.04 Å². The molecule has 97 valence electrons. The maximum absolute atomic E-state index is 3.65. The van der Waals surface area contributed by atoms with Crippen LogP contribution in [0.5, 0.6) is 0 Å². The van der Waals surface area contributed by atoms with Crippen molar-refractivity contribution in [2.75, 3.05) is 5.32 Å². The first-order valence-electron chi connectivity index (χ1n) is 7.15. The molecule has 1 N–H and O–H groups in total. The van der Waals surface area contributed by atoms with E-state index in [0.29, 0.717) is 6.04 Å². The lowest BCUT2D eigenvalue weighted by Crippen LogP contribution is -2.17. The van der Waals surface area contributed by atoms with Gasteiger partial charge in [-0.15, -0.1) is 0 Å². The number of aryl methyl sites for hydroxylation is 1. The summed E-state index contributed by atoms with van der Waals surface area (Å²) in [6.07, 6.45) is 2.26. The molecule has 0 aliphatic carbocycles. The van der Waals surface area contributed by atoms with Gasteiger partial charge in [-0.2, -0.15) is 0 Å². The van der Waals surface area contributed by atoms with Crippen molar-refractivity contribution in [3.63, 3.8) is 0 Å². The molecule has 4 rings (SSSR count). The molecular weight excluding hydrogens is 242 g/mol. The molecule has 0 aromatic heterocycles. The molecule has 3 aromatic carbocycles. The van der Waals surface area contributed by atoms with Crippen LogP contribution >= 0.6 is 0 Å². The van der Waals surface area contributed by atoms with E-state index in [1.165, 1.54) is 27.6 Å². The van der Waals surface area contributed by atoms with Gasteiger partial charge in [0.2, 0.25) is 0 Å². The average molecular weight is 258 g/mol. The highest BCUT2D eigenvalue weighted by Crippen LogP contribution is 2.33. The standard InChI is InChI=1S/C19H16N/c1-2-7-16-13-17(10-9-14(16)5-1)19-12-11-15-6-3-4-8-18(15)20-19/h1-10,19-20H,11-12H2. The minimum absolute atomic E-state index is 0.370. The zero-order valence-electron chi connectivity index (χ0n) is 11.3. The summed E-state index contributed by atoms with van der Waals surface area (Å²) in [4.78, 5) is 0. The van der Waals surface area contributed by atoms with Crippen LogP contribution in [0.4, 0.5) is 5.69 Å². The molecule has 0 spiro atoms. The molecule has 0 saturated carbocycles. The van der Waals surface area contributed by atoms with Crippen LogP contribution in [-0.4, -0.2) is 0 Å². The van der Waals surface area contributed by atoms with Crippen LogP contribution in [-0.2, 0) is 6.42 Å². The van der Waals surface area contributed by atoms with Crippen LogP contribution in [0.1, 0.15) is 23.6 Å². The van der Waals surface area contributed by atoms with Gasteiger partial charge in [-0.1, -0.05) is 54.6 Å². The number of hydrogen-bond donors (Lipinski definition) is 1. The Balaban J connectivity index is 1.70. The van der Waals surface area contributed by atoms with E-state index in [1.807, 2.05) is 0 Å². The summed E-state index contributed by atoms with van der Waals surface area (Å²) in [5.74, 6) is 0. The first-order valence-corrected chi connectivity index (χ1v) is 7.15. The van der Waals surface area contributed by atoms with Gasteiger partial charge in [-0.25, -0.2) is 0 Å². The Labute approximate surface area is 119 Å². The third kappa shape index (κ3) is 1.96. The quantitative estimate of drug-likeness (QED) is 0.664. The fourth-order valence-corrected chi connectivity index (χ4v) is 3.01. The number of fused-ring (bicyclic) bond motifs is 2. The van der Waals surface area contributed by atoms with Crippen molar-refractivity contribution in [3.8, 4) is 0 Å². The monoisotopic (exact) mass is 258 g/mol. The summed E-state index contributed by atoms with van der Waals surface area (Å²) in [7, 11) is 0. The van der Waals surface area contributed by atoms with Crippen LogP contribution in [0.15, 0.2) is 60.7 Å². The summed E-state index contributed by atoms with van der Waals surface area (Å²) < 4.78 is 0.